The van der Waals surface area contributed by atoms with Gasteiger partial charge in [0.1, 0.15) is 11.7 Å². The summed E-state index contributed by atoms with van der Waals surface area (Å²) in [6.07, 6.45) is -3.92. The van der Waals surface area contributed by atoms with Crippen molar-refractivity contribution in [3.05, 3.63) is 17.8 Å². The molecular weight excluding hydrogens is 405 g/mol. The summed E-state index contributed by atoms with van der Waals surface area (Å²) in [5.41, 5.74) is 0.382. The zero-order chi connectivity index (χ0) is 22.2. The largest absolute Gasteiger partial charge is 0.408 e. The number of hydrogen-bond acceptors (Lipinski definition) is 5. The van der Waals surface area contributed by atoms with Crippen molar-refractivity contribution < 1.29 is 27.6 Å². The number of amides is 4. The van der Waals surface area contributed by atoms with Crippen molar-refractivity contribution in [3.8, 4) is 0 Å². The number of carbonyl (C=O) groups is 3. The number of nitrogens with one attached hydrogen (secondary N) is 2. The van der Waals surface area contributed by atoms with Gasteiger partial charge in [0.2, 0.25) is 5.91 Å². The number of likely N-dealkylation sites (N-methyl/N-ethyl adjacent to an activating group) is 1. The number of carbonyl (C=O) groups excluding carboxylic acids is 3. The fraction of sp³-hybridized carbons (Fsp3) is 0.556. The molecule has 2 aliphatic heterocycles. The smallest absolute Gasteiger partial charge is 0.366 e. The van der Waals surface area contributed by atoms with Gasteiger partial charge in [-0.15, -0.1) is 0 Å². The van der Waals surface area contributed by atoms with Gasteiger partial charge in [0, 0.05) is 27.2 Å². The lowest BCUT2D eigenvalue weighted by Crippen LogP contribution is -2.52. The molecule has 0 spiro atoms. The van der Waals surface area contributed by atoms with Crippen LogP contribution < -0.4 is 20.4 Å². The molecule has 2 bridgehead atoms. The zero-order valence-corrected chi connectivity index (χ0v) is 16.8. The molecule has 2 aliphatic rings. The first-order valence-electron chi connectivity index (χ1n) is 9.40. The lowest BCUT2D eigenvalue weighted by molar-refractivity contribution is -0.149. The second-order valence-electron chi connectivity index (χ2n) is 7.48. The first-order chi connectivity index (χ1) is 14.0. The van der Waals surface area contributed by atoms with Gasteiger partial charge in [0.05, 0.1) is 18.3 Å². The summed E-state index contributed by atoms with van der Waals surface area (Å²) in [6.45, 7) is 1.87. The normalized spacial score (nSPS) is 18.5. The number of rotatable bonds is 4. The second kappa shape index (κ2) is 8.00. The maximum atomic E-state index is 12.8. The van der Waals surface area contributed by atoms with E-state index in [4.69, 9.17) is 0 Å². The SMILES string of the molecule is C[C@@H](NC(=O)c1ccc2c(n1)N(C(=O)NCC(=O)N(C)C)C1CCN2C1)C(F)(F)F. The van der Waals surface area contributed by atoms with Crippen LogP contribution in [0.15, 0.2) is 12.1 Å². The minimum atomic E-state index is -4.58. The summed E-state index contributed by atoms with van der Waals surface area (Å²) in [4.78, 5) is 45.8. The van der Waals surface area contributed by atoms with Crippen LogP contribution in [0.2, 0.25) is 0 Å². The van der Waals surface area contributed by atoms with Crippen LogP contribution in [-0.2, 0) is 4.79 Å². The molecule has 3 heterocycles. The maximum Gasteiger partial charge on any atom is 0.408 e. The molecule has 0 radical (unpaired) electrons. The van der Waals surface area contributed by atoms with Gasteiger partial charge in [0.15, 0.2) is 5.82 Å². The predicted octanol–water partition coefficient (Wildman–Crippen LogP) is 0.959. The number of fused-ring (bicyclic) bond motifs is 4. The van der Waals surface area contributed by atoms with E-state index in [1.807, 2.05) is 10.2 Å². The average molecular weight is 428 g/mol. The van der Waals surface area contributed by atoms with Gasteiger partial charge < -0.3 is 20.4 Å². The third kappa shape index (κ3) is 4.26. The summed E-state index contributed by atoms with van der Waals surface area (Å²) in [5.74, 6) is -1.10. The van der Waals surface area contributed by atoms with Crippen LogP contribution in [0, 0.1) is 0 Å². The monoisotopic (exact) mass is 428 g/mol. The number of urea groups is 1. The molecular formula is C18H23F3N6O3. The number of alkyl halides is 3. The molecule has 0 aliphatic carbocycles. The summed E-state index contributed by atoms with van der Waals surface area (Å²) in [6, 6.07) is 0.0990. The van der Waals surface area contributed by atoms with Crippen LogP contribution in [0.1, 0.15) is 23.8 Å². The first kappa shape index (κ1) is 21.7. The van der Waals surface area contributed by atoms with E-state index in [2.05, 4.69) is 10.3 Å². The highest BCUT2D eigenvalue weighted by atomic mass is 19.4. The fourth-order valence-corrected chi connectivity index (χ4v) is 3.34. The molecule has 12 heteroatoms. The Kier molecular flexibility index (Phi) is 5.77. The zero-order valence-electron chi connectivity index (χ0n) is 16.8. The summed E-state index contributed by atoms with van der Waals surface area (Å²) < 4.78 is 38.3. The molecule has 1 unspecified atom stereocenters. The van der Waals surface area contributed by atoms with Crippen LogP contribution in [0.25, 0.3) is 0 Å². The number of anilines is 2. The van der Waals surface area contributed by atoms with E-state index in [1.54, 1.807) is 20.2 Å². The Morgan fingerprint density at radius 2 is 2.00 bits per heavy atom. The van der Waals surface area contributed by atoms with Crippen LogP contribution >= 0.6 is 0 Å². The van der Waals surface area contributed by atoms with Gasteiger partial charge in [-0.1, -0.05) is 0 Å². The van der Waals surface area contributed by atoms with Crippen molar-refractivity contribution in [2.75, 3.05) is 43.5 Å². The van der Waals surface area contributed by atoms with Crippen LogP contribution in [0.5, 0.6) is 0 Å². The molecule has 0 aromatic carbocycles. The third-order valence-corrected chi connectivity index (χ3v) is 5.13. The van der Waals surface area contributed by atoms with Gasteiger partial charge in [0.25, 0.3) is 5.91 Å². The van der Waals surface area contributed by atoms with Crippen molar-refractivity contribution in [2.24, 2.45) is 0 Å². The van der Waals surface area contributed by atoms with Gasteiger partial charge in [-0.25, -0.2) is 9.78 Å². The van der Waals surface area contributed by atoms with E-state index in [9.17, 15) is 27.6 Å². The molecule has 30 heavy (non-hydrogen) atoms. The molecule has 4 amide bonds. The quantitative estimate of drug-likeness (QED) is 0.745. The fourth-order valence-electron chi connectivity index (χ4n) is 3.34. The highest BCUT2D eigenvalue weighted by Gasteiger charge is 2.41. The van der Waals surface area contributed by atoms with E-state index in [-0.39, 0.29) is 30.0 Å². The van der Waals surface area contributed by atoms with Crippen LogP contribution in [0.3, 0.4) is 0 Å². The molecule has 2 N–H and O–H groups in total. The summed E-state index contributed by atoms with van der Waals surface area (Å²) in [7, 11) is 3.13. The van der Waals surface area contributed by atoms with E-state index in [1.165, 1.54) is 15.9 Å². The highest BCUT2D eigenvalue weighted by Crippen LogP contribution is 2.38. The van der Waals surface area contributed by atoms with Gasteiger partial charge >= 0.3 is 12.2 Å². The van der Waals surface area contributed by atoms with E-state index in [0.717, 1.165) is 6.92 Å². The molecule has 9 nitrogen and oxygen atoms in total. The molecule has 2 atom stereocenters. The second-order valence-corrected chi connectivity index (χ2v) is 7.48. The first-order valence-corrected chi connectivity index (χ1v) is 9.40. The van der Waals surface area contributed by atoms with Crippen molar-refractivity contribution in [3.63, 3.8) is 0 Å². The molecule has 1 aromatic rings. The lowest BCUT2D eigenvalue weighted by atomic mass is 10.1. The number of pyridine rings is 1. The molecule has 3 rings (SSSR count). The van der Waals surface area contributed by atoms with Crippen molar-refractivity contribution in [1.82, 2.24) is 20.5 Å². The third-order valence-electron chi connectivity index (χ3n) is 5.13. The maximum absolute atomic E-state index is 12.8. The Bertz CT molecular complexity index is 860. The summed E-state index contributed by atoms with van der Waals surface area (Å²) in [5, 5.41) is 4.41. The van der Waals surface area contributed by atoms with Crippen molar-refractivity contribution >= 4 is 29.4 Å². The average Bonchev–Trinajstić information content (AvgIpc) is 3.09. The van der Waals surface area contributed by atoms with E-state index < -0.39 is 24.2 Å². The molecule has 164 valence electrons. The Morgan fingerprint density at radius 1 is 1.30 bits per heavy atom. The Labute approximate surface area is 171 Å². The van der Waals surface area contributed by atoms with E-state index >= 15 is 0 Å². The topological polar surface area (TPSA) is 97.9 Å². The minimum Gasteiger partial charge on any atom is -0.366 e. The Balaban J connectivity index is 1.85. The van der Waals surface area contributed by atoms with Gasteiger partial charge in [-0.05, 0) is 25.5 Å². The Morgan fingerprint density at radius 3 is 2.63 bits per heavy atom. The van der Waals surface area contributed by atoms with Crippen LogP contribution in [-0.4, -0.2) is 79.7 Å². The number of aromatic nitrogens is 1. The lowest BCUT2D eigenvalue weighted by Gasteiger charge is -2.35. The Hall–Kier alpha value is -3.05. The standard InChI is InChI=1S/C18H23F3N6O3/c1-10(18(19,20)21)23-16(29)12-4-5-13-15(24-12)27(11-6-7-26(13)9-11)17(30)22-8-14(28)25(2)3/h4-5,10-11H,6-9H2,1-3H3,(H,22,30)(H,23,29)/t10-,11?/m1/s1. The van der Waals surface area contributed by atoms with Crippen molar-refractivity contribution in [1.29, 1.82) is 0 Å². The molecule has 1 aromatic heterocycles. The number of nitrogens with zero attached hydrogens (tertiary/aromatic N) is 4. The molecule has 1 saturated heterocycles. The van der Waals surface area contributed by atoms with Gasteiger partial charge in [-0.2, -0.15) is 13.2 Å². The highest BCUT2D eigenvalue weighted by molar-refractivity contribution is 6.00. The number of halogens is 3. The molecule has 0 saturated carbocycles. The molecule has 1 fully saturated rings. The van der Waals surface area contributed by atoms with E-state index in [0.29, 0.717) is 25.2 Å². The van der Waals surface area contributed by atoms with Crippen molar-refractivity contribution in [2.45, 2.75) is 31.6 Å². The summed E-state index contributed by atoms with van der Waals surface area (Å²) >= 11 is 0. The van der Waals surface area contributed by atoms with Crippen LogP contribution in [0.4, 0.5) is 29.5 Å². The van der Waals surface area contributed by atoms with Gasteiger partial charge in [-0.3, -0.25) is 14.5 Å². The number of hydrogen-bond donors (Lipinski definition) is 2. The predicted molar refractivity (Wildman–Crippen MR) is 102 cm³/mol. The minimum absolute atomic E-state index is 0.186.